The lowest BCUT2D eigenvalue weighted by Gasteiger charge is -2.10. The molecule has 84 valence electrons. The third kappa shape index (κ3) is 4.62. The highest BCUT2D eigenvalue weighted by atomic mass is 32.2. The summed E-state index contributed by atoms with van der Waals surface area (Å²) in [7, 11) is 0. The van der Waals surface area contributed by atoms with Crippen LogP contribution in [0.5, 0.6) is 0 Å². The van der Waals surface area contributed by atoms with Gasteiger partial charge < -0.3 is 5.73 Å². The lowest BCUT2D eigenvalue weighted by atomic mass is 10.0. The summed E-state index contributed by atoms with van der Waals surface area (Å²) < 4.78 is 25.7. The molecule has 15 heavy (non-hydrogen) atoms. The minimum absolute atomic E-state index is 0.0290. The Bertz CT molecular complexity index is 297. The van der Waals surface area contributed by atoms with Crippen molar-refractivity contribution in [1.29, 1.82) is 0 Å². The van der Waals surface area contributed by atoms with E-state index in [0.29, 0.717) is 12.0 Å². The second-order valence-electron chi connectivity index (χ2n) is 3.52. The molecule has 1 nitrogen and oxygen atoms in total. The molecule has 1 unspecified atom stereocenters. The fraction of sp³-hybridized carbons (Fsp3) is 0.455. The third-order valence-electron chi connectivity index (χ3n) is 2.11. The van der Waals surface area contributed by atoms with Crippen molar-refractivity contribution in [2.75, 3.05) is 12.0 Å². The number of rotatable bonds is 5. The van der Waals surface area contributed by atoms with Crippen molar-refractivity contribution >= 4 is 11.8 Å². The van der Waals surface area contributed by atoms with E-state index in [1.807, 2.05) is 6.26 Å². The lowest BCUT2D eigenvalue weighted by molar-refractivity contribution is 0.573. The van der Waals surface area contributed by atoms with Gasteiger partial charge in [0.15, 0.2) is 0 Å². The van der Waals surface area contributed by atoms with E-state index in [2.05, 4.69) is 0 Å². The Labute approximate surface area is 93.1 Å². The minimum Gasteiger partial charge on any atom is -0.327 e. The molecule has 1 aromatic carbocycles. The van der Waals surface area contributed by atoms with E-state index in [4.69, 9.17) is 5.73 Å². The third-order valence-corrected chi connectivity index (χ3v) is 2.76. The molecule has 0 amide bonds. The van der Waals surface area contributed by atoms with Gasteiger partial charge in [-0.25, -0.2) is 8.78 Å². The summed E-state index contributed by atoms with van der Waals surface area (Å²) in [5, 5.41) is 0. The molecule has 1 rings (SSSR count). The Morgan fingerprint density at radius 1 is 1.27 bits per heavy atom. The van der Waals surface area contributed by atoms with Crippen LogP contribution >= 0.6 is 11.8 Å². The summed E-state index contributed by atoms with van der Waals surface area (Å²) in [6.07, 6.45) is 3.39. The predicted octanol–water partition coefficient (Wildman–Crippen LogP) is 2.59. The standard InChI is InChI=1S/C11H15F2NS/c1-15-3-2-11(14)6-8-4-9(12)7-10(13)5-8/h4-5,7,11H,2-3,6,14H2,1H3. The van der Waals surface area contributed by atoms with Gasteiger partial charge in [-0.1, -0.05) is 0 Å². The van der Waals surface area contributed by atoms with E-state index in [9.17, 15) is 8.78 Å². The molecule has 2 N–H and O–H groups in total. The van der Waals surface area contributed by atoms with Gasteiger partial charge in [0, 0.05) is 12.1 Å². The first-order valence-electron chi connectivity index (χ1n) is 4.81. The van der Waals surface area contributed by atoms with Gasteiger partial charge in [0.2, 0.25) is 0 Å². The first-order valence-corrected chi connectivity index (χ1v) is 6.20. The SMILES string of the molecule is CSCCC(N)Cc1cc(F)cc(F)c1. The topological polar surface area (TPSA) is 26.0 Å². The number of hydrogen-bond acceptors (Lipinski definition) is 2. The first-order chi connectivity index (χ1) is 7.11. The van der Waals surface area contributed by atoms with Gasteiger partial charge >= 0.3 is 0 Å². The number of halogens is 2. The molecule has 0 bridgehead atoms. The Hall–Kier alpha value is -0.610. The quantitative estimate of drug-likeness (QED) is 0.843. The summed E-state index contributed by atoms with van der Waals surface area (Å²) in [6, 6.07) is 3.51. The highest BCUT2D eigenvalue weighted by Crippen LogP contribution is 2.11. The maximum atomic E-state index is 12.8. The van der Waals surface area contributed by atoms with Crippen LogP contribution in [0, 0.1) is 11.6 Å². The Morgan fingerprint density at radius 3 is 2.40 bits per heavy atom. The molecular weight excluding hydrogens is 216 g/mol. The van der Waals surface area contributed by atoms with Gasteiger partial charge in [-0.2, -0.15) is 11.8 Å². The number of nitrogens with two attached hydrogens (primary N) is 1. The van der Waals surface area contributed by atoms with Crippen molar-refractivity contribution in [3.05, 3.63) is 35.4 Å². The molecule has 0 aliphatic rings. The number of thioether (sulfide) groups is 1. The fourth-order valence-electron chi connectivity index (χ4n) is 1.40. The highest BCUT2D eigenvalue weighted by Gasteiger charge is 2.06. The molecule has 1 aromatic rings. The molecule has 0 aromatic heterocycles. The second kappa shape index (κ2) is 6.08. The van der Waals surface area contributed by atoms with Gasteiger partial charge in [-0.3, -0.25) is 0 Å². The number of hydrogen-bond donors (Lipinski definition) is 1. The molecule has 0 aliphatic heterocycles. The smallest absolute Gasteiger partial charge is 0.126 e. The van der Waals surface area contributed by atoms with E-state index >= 15 is 0 Å². The van der Waals surface area contributed by atoms with E-state index in [1.165, 1.54) is 12.1 Å². The molecule has 0 saturated carbocycles. The van der Waals surface area contributed by atoms with Crippen LogP contribution in [0.25, 0.3) is 0 Å². The molecule has 0 spiro atoms. The zero-order valence-corrected chi connectivity index (χ0v) is 9.49. The van der Waals surface area contributed by atoms with Crippen LogP contribution in [0.1, 0.15) is 12.0 Å². The minimum atomic E-state index is -0.540. The zero-order valence-electron chi connectivity index (χ0n) is 8.67. The first kappa shape index (κ1) is 12.5. The van der Waals surface area contributed by atoms with Gasteiger partial charge in [-0.05, 0) is 42.5 Å². The van der Waals surface area contributed by atoms with Crippen molar-refractivity contribution in [1.82, 2.24) is 0 Å². The second-order valence-corrected chi connectivity index (χ2v) is 4.51. The molecule has 0 heterocycles. The van der Waals surface area contributed by atoms with E-state index < -0.39 is 11.6 Å². The summed E-state index contributed by atoms with van der Waals surface area (Å²) in [6.45, 7) is 0. The van der Waals surface area contributed by atoms with E-state index in [-0.39, 0.29) is 6.04 Å². The maximum Gasteiger partial charge on any atom is 0.126 e. The van der Waals surface area contributed by atoms with Crippen LogP contribution in [-0.2, 0) is 6.42 Å². The normalized spacial score (nSPS) is 12.8. The fourth-order valence-corrected chi connectivity index (χ4v) is 1.94. The molecule has 1 atom stereocenters. The lowest BCUT2D eigenvalue weighted by Crippen LogP contribution is -2.23. The van der Waals surface area contributed by atoms with Crippen LogP contribution in [0.3, 0.4) is 0 Å². The van der Waals surface area contributed by atoms with E-state index in [0.717, 1.165) is 18.2 Å². The Kier molecular flexibility index (Phi) is 5.05. The zero-order chi connectivity index (χ0) is 11.3. The molecule has 4 heteroatoms. The average molecular weight is 231 g/mol. The van der Waals surface area contributed by atoms with Crippen LogP contribution in [-0.4, -0.2) is 18.1 Å². The predicted molar refractivity (Wildman–Crippen MR) is 61.0 cm³/mol. The van der Waals surface area contributed by atoms with Gasteiger partial charge in [0.1, 0.15) is 11.6 Å². The monoisotopic (exact) mass is 231 g/mol. The highest BCUT2D eigenvalue weighted by molar-refractivity contribution is 7.98. The Morgan fingerprint density at radius 2 is 1.87 bits per heavy atom. The summed E-state index contributed by atoms with van der Waals surface area (Å²) in [4.78, 5) is 0. The van der Waals surface area contributed by atoms with Crippen LogP contribution < -0.4 is 5.73 Å². The van der Waals surface area contributed by atoms with Crippen molar-refractivity contribution in [2.45, 2.75) is 18.9 Å². The van der Waals surface area contributed by atoms with Gasteiger partial charge in [0.25, 0.3) is 0 Å². The van der Waals surface area contributed by atoms with Gasteiger partial charge in [-0.15, -0.1) is 0 Å². The van der Waals surface area contributed by atoms with E-state index in [1.54, 1.807) is 11.8 Å². The van der Waals surface area contributed by atoms with Gasteiger partial charge in [0.05, 0.1) is 0 Å². The van der Waals surface area contributed by atoms with Crippen molar-refractivity contribution in [2.24, 2.45) is 5.73 Å². The molecule has 0 fully saturated rings. The molecule has 0 saturated heterocycles. The molecular formula is C11H15F2NS. The average Bonchev–Trinajstić information content (AvgIpc) is 2.13. The van der Waals surface area contributed by atoms with Crippen LogP contribution in [0.4, 0.5) is 8.78 Å². The van der Waals surface area contributed by atoms with Crippen LogP contribution in [0.15, 0.2) is 18.2 Å². The van der Waals surface area contributed by atoms with Crippen molar-refractivity contribution in [3.8, 4) is 0 Å². The summed E-state index contributed by atoms with van der Waals surface area (Å²) in [5.41, 5.74) is 6.46. The molecule has 0 aliphatic carbocycles. The number of benzene rings is 1. The largest absolute Gasteiger partial charge is 0.327 e. The Balaban J connectivity index is 2.56. The van der Waals surface area contributed by atoms with Crippen LogP contribution in [0.2, 0.25) is 0 Å². The molecule has 0 radical (unpaired) electrons. The summed E-state index contributed by atoms with van der Waals surface area (Å²) >= 11 is 1.72. The van der Waals surface area contributed by atoms with Crippen molar-refractivity contribution in [3.63, 3.8) is 0 Å². The summed E-state index contributed by atoms with van der Waals surface area (Å²) in [5.74, 6) is -0.108. The maximum absolute atomic E-state index is 12.8. The van der Waals surface area contributed by atoms with Crippen molar-refractivity contribution < 1.29 is 8.78 Å².